The SMILES string of the molecule is Cc1cc(S(=O)(=O)N(C)CC2CCOCC2)cc(N)c1Cl. The molecule has 2 rings (SSSR count). The van der Waals surface area contributed by atoms with Crippen molar-refractivity contribution in [3.63, 3.8) is 0 Å². The lowest BCUT2D eigenvalue weighted by atomic mass is 10.0. The van der Waals surface area contributed by atoms with Crippen LogP contribution >= 0.6 is 11.6 Å². The molecule has 0 radical (unpaired) electrons. The molecule has 1 saturated heterocycles. The minimum absolute atomic E-state index is 0.191. The van der Waals surface area contributed by atoms with Crippen molar-refractivity contribution in [3.8, 4) is 0 Å². The molecule has 7 heteroatoms. The van der Waals surface area contributed by atoms with E-state index >= 15 is 0 Å². The molecule has 1 aromatic rings. The van der Waals surface area contributed by atoms with Gasteiger partial charge in [-0.05, 0) is 43.4 Å². The molecule has 1 aliphatic heterocycles. The first-order valence-corrected chi connectivity index (χ1v) is 8.74. The molecule has 0 aromatic heterocycles. The van der Waals surface area contributed by atoms with E-state index in [1.54, 1.807) is 20.0 Å². The summed E-state index contributed by atoms with van der Waals surface area (Å²) in [5.74, 6) is 0.337. The van der Waals surface area contributed by atoms with Gasteiger partial charge in [0.2, 0.25) is 10.0 Å². The fourth-order valence-electron chi connectivity index (χ4n) is 2.48. The van der Waals surface area contributed by atoms with Crippen LogP contribution in [0.2, 0.25) is 5.02 Å². The third-order valence-corrected chi connectivity index (χ3v) is 6.14. The van der Waals surface area contributed by atoms with Crippen LogP contribution in [-0.4, -0.2) is 39.5 Å². The van der Waals surface area contributed by atoms with Crippen LogP contribution in [0.3, 0.4) is 0 Å². The number of rotatable bonds is 4. The molecule has 0 aliphatic carbocycles. The summed E-state index contributed by atoms with van der Waals surface area (Å²) in [7, 11) is -1.94. The number of anilines is 1. The fourth-order valence-corrected chi connectivity index (χ4v) is 3.96. The lowest BCUT2D eigenvalue weighted by Gasteiger charge is -2.27. The number of aryl methyl sites for hydroxylation is 1. The van der Waals surface area contributed by atoms with E-state index in [4.69, 9.17) is 22.1 Å². The summed E-state index contributed by atoms with van der Waals surface area (Å²) in [5.41, 5.74) is 6.72. The molecule has 0 spiro atoms. The van der Waals surface area contributed by atoms with Crippen molar-refractivity contribution < 1.29 is 13.2 Å². The van der Waals surface area contributed by atoms with E-state index in [1.807, 2.05) is 0 Å². The molecule has 1 aliphatic rings. The van der Waals surface area contributed by atoms with Crippen molar-refractivity contribution >= 4 is 27.3 Å². The zero-order chi connectivity index (χ0) is 15.6. The average molecular weight is 333 g/mol. The second-order valence-electron chi connectivity index (χ2n) is 5.48. The topological polar surface area (TPSA) is 72.6 Å². The molecule has 0 atom stereocenters. The Kier molecular flexibility index (Phi) is 5.14. The quantitative estimate of drug-likeness (QED) is 0.858. The van der Waals surface area contributed by atoms with E-state index < -0.39 is 10.0 Å². The molecule has 1 aromatic carbocycles. The van der Waals surface area contributed by atoms with Crippen molar-refractivity contribution in [1.82, 2.24) is 4.31 Å². The standard InChI is InChI=1S/C14H21ClN2O3S/c1-10-7-12(8-13(16)14(10)15)21(18,19)17(2)9-11-3-5-20-6-4-11/h7-8,11H,3-6,9,16H2,1-2H3. The second-order valence-corrected chi connectivity index (χ2v) is 7.91. The maximum absolute atomic E-state index is 12.6. The van der Waals surface area contributed by atoms with Crippen molar-refractivity contribution in [2.45, 2.75) is 24.7 Å². The predicted molar refractivity (Wildman–Crippen MR) is 84.0 cm³/mol. The minimum Gasteiger partial charge on any atom is -0.397 e. The molecule has 0 bridgehead atoms. The number of hydrogen-bond acceptors (Lipinski definition) is 4. The van der Waals surface area contributed by atoms with Gasteiger partial charge in [-0.15, -0.1) is 0 Å². The van der Waals surface area contributed by atoms with Crippen LogP contribution in [0.4, 0.5) is 5.69 Å². The number of nitrogen functional groups attached to an aromatic ring is 1. The van der Waals surface area contributed by atoms with E-state index in [9.17, 15) is 8.42 Å². The second kappa shape index (κ2) is 6.52. The Morgan fingerprint density at radius 3 is 2.57 bits per heavy atom. The average Bonchev–Trinajstić information content (AvgIpc) is 2.45. The lowest BCUT2D eigenvalue weighted by molar-refractivity contribution is 0.0620. The number of ether oxygens (including phenoxy) is 1. The first-order valence-electron chi connectivity index (χ1n) is 6.92. The molecule has 118 valence electrons. The fraction of sp³-hybridized carbons (Fsp3) is 0.571. The van der Waals surface area contributed by atoms with Gasteiger partial charge < -0.3 is 10.5 Å². The van der Waals surface area contributed by atoms with Crippen LogP contribution in [0.5, 0.6) is 0 Å². The summed E-state index contributed by atoms with van der Waals surface area (Å²) in [6.07, 6.45) is 1.78. The van der Waals surface area contributed by atoms with Gasteiger partial charge in [0.05, 0.1) is 15.6 Å². The Balaban J connectivity index is 2.20. The third-order valence-electron chi connectivity index (χ3n) is 3.82. The first kappa shape index (κ1) is 16.5. The normalized spacial score (nSPS) is 17.3. The Bertz CT molecular complexity index is 590. The van der Waals surface area contributed by atoms with Gasteiger partial charge in [0.25, 0.3) is 0 Å². The zero-order valence-electron chi connectivity index (χ0n) is 12.3. The summed E-state index contributed by atoms with van der Waals surface area (Å²) in [5, 5.41) is 0.404. The largest absolute Gasteiger partial charge is 0.397 e. The summed E-state index contributed by atoms with van der Waals surface area (Å²) >= 11 is 5.99. The zero-order valence-corrected chi connectivity index (χ0v) is 13.9. The lowest BCUT2D eigenvalue weighted by Crippen LogP contribution is -2.34. The van der Waals surface area contributed by atoms with Crippen LogP contribution in [0, 0.1) is 12.8 Å². The highest BCUT2D eigenvalue weighted by Crippen LogP contribution is 2.28. The first-order chi connectivity index (χ1) is 9.82. The Hall–Kier alpha value is -0.820. The van der Waals surface area contributed by atoms with Gasteiger partial charge in [-0.25, -0.2) is 12.7 Å². The van der Waals surface area contributed by atoms with Crippen molar-refractivity contribution in [2.75, 3.05) is 32.5 Å². The molecular formula is C14H21ClN2O3S. The minimum atomic E-state index is -3.55. The third kappa shape index (κ3) is 3.69. The molecule has 1 heterocycles. The van der Waals surface area contributed by atoms with E-state index in [1.165, 1.54) is 10.4 Å². The van der Waals surface area contributed by atoms with Gasteiger partial charge in [-0.3, -0.25) is 0 Å². The number of nitrogens with zero attached hydrogens (tertiary/aromatic N) is 1. The molecular weight excluding hydrogens is 312 g/mol. The summed E-state index contributed by atoms with van der Waals surface area (Å²) < 4.78 is 31.9. The highest BCUT2D eigenvalue weighted by molar-refractivity contribution is 7.89. The molecule has 2 N–H and O–H groups in total. The summed E-state index contributed by atoms with van der Waals surface area (Å²) in [6, 6.07) is 2.99. The maximum atomic E-state index is 12.6. The summed E-state index contributed by atoms with van der Waals surface area (Å²) in [4.78, 5) is 0.191. The van der Waals surface area contributed by atoms with E-state index in [-0.39, 0.29) is 10.6 Å². The van der Waals surface area contributed by atoms with Gasteiger partial charge in [0, 0.05) is 26.8 Å². The number of benzene rings is 1. The highest BCUT2D eigenvalue weighted by atomic mass is 35.5. The van der Waals surface area contributed by atoms with Gasteiger partial charge in [0.15, 0.2) is 0 Å². The van der Waals surface area contributed by atoms with Crippen LogP contribution < -0.4 is 5.73 Å². The molecule has 0 saturated carbocycles. The molecule has 1 fully saturated rings. The Labute approximate surface area is 131 Å². The number of sulfonamides is 1. The molecule has 0 amide bonds. The van der Waals surface area contributed by atoms with Gasteiger partial charge in [0.1, 0.15) is 0 Å². The molecule has 21 heavy (non-hydrogen) atoms. The van der Waals surface area contributed by atoms with E-state index in [2.05, 4.69) is 0 Å². The number of halogens is 1. The Morgan fingerprint density at radius 2 is 2.00 bits per heavy atom. The smallest absolute Gasteiger partial charge is 0.242 e. The predicted octanol–water partition coefficient (Wildman–Crippen LogP) is 2.28. The van der Waals surface area contributed by atoms with Gasteiger partial charge >= 0.3 is 0 Å². The van der Waals surface area contributed by atoms with Gasteiger partial charge in [-0.2, -0.15) is 0 Å². The Morgan fingerprint density at radius 1 is 1.38 bits per heavy atom. The van der Waals surface area contributed by atoms with E-state index in [0.29, 0.717) is 36.3 Å². The van der Waals surface area contributed by atoms with Crippen molar-refractivity contribution in [1.29, 1.82) is 0 Å². The van der Waals surface area contributed by atoms with Crippen LogP contribution in [0.15, 0.2) is 17.0 Å². The number of hydrogen-bond donors (Lipinski definition) is 1. The van der Waals surface area contributed by atoms with Crippen LogP contribution in [0.25, 0.3) is 0 Å². The maximum Gasteiger partial charge on any atom is 0.242 e. The van der Waals surface area contributed by atoms with E-state index in [0.717, 1.165) is 12.8 Å². The highest BCUT2D eigenvalue weighted by Gasteiger charge is 2.26. The molecule has 5 nitrogen and oxygen atoms in total. The summed E-state index contributed by atoms with van der Waals surface area (Å²) in [6.45, 7) is 3.64. The van der Waals surface area contributed by atoms with Gasteiger partial charge in [-0.1, -0.05) is 11.6 Å². The monoisotopic (exact) mass is 332 g/mol. The molecule has 0 unspecified atom stereocenters. The van der Waals surface area contributed by atoms with Crippen molar-refractivity contribution in [3.05, 3.63) is 22.7 Å². The van der Waals surface area contributed by atoms with Crippen molar-refractivity contribution in [2.24, 2.45) is 5.92 Å². The van der Waals surface area contributed by atoms with Crippen LogP contribution in [-0.2, 0) is 14.8 Å². The van der Waals surface area contributed by atoms with Crippen LogP contribution in [0.1, 0.15) is 18.4 Å². The number of nitrogens with two attached hydrogens (primary N) is 1.